The summed E-state index contributed by atoms with van der Waals surface area (Å²) >= 11 is 0. The van der Waals surface area contributed by atoms with Crippen LogP contribution >= 0.6 is 0 Å². The van der Waals surface area contributed by atoms with E-state index in [1.807, 2.05) is 0 Å². The Morgan fingerprint density at radius 3 is 0.940 bits per heavy atom. The zero-order valence-electron chi connectivity index (χ0n) is 35.6. The molecule has 0 aromatic carbocycles. The van der Waals surface area contributed by atoms with Crippen molar-refractivity contribution in [2.45, 2.75) is 285 Å². The Labute approximate surface area is 318 Å². The van der Waals surface area contributed by atoms with Crippen LogP contribution in [0.15, 0.2) is 0 Å². The van der Waals surface area contributed by atoms with Gasteiger partial charge in [-0.2, -0.15) is 0 Å². The summed E-state index contributed by atoms with van der Waals surface area (Å²) in [4.78, 5) is 12.1. The first-order valence-corrected chi connectivity index (χ1v) is 23.9. The molecule has 0 fully saturated rings. The average Bonchev–Trinajstić information content (AvgIpc) is 3.12. The fourth-order valence-electron chi connectivity index (χ4n) is 7.86. The predicted octanol–water partition coefficient (Wildman–Crippen LogP) is 17.0. The largest absolute Gasteiger partial charge is 0.356 e. The normalized spacial score (nSPS) is 12.8. The topological polar surface area (TPSA) is 29.1 Å². The zero-order chi connectivity index (χ0) is 36.4. The van der Waals surface area contributed by atoms with E-state index in [0.717, 1.165) is 18.9 Å². The van der Waals surface area contributed by atoms with Gasteiger partial charge in [0.15, 0.2) is 0 Å². The molecule has 300 valence electrons. The van der Waals surface area contributed by atoms with Gasteiger partial charge in [-0.25, -0.2) is 0 Å². The van der Waals surface area contributed by atoms with E-state index in [1.165, 1.54) is 244 Å². The van der Waals surface area contributed by atoms with Gasteiger partial charge in [-0.3, -0.25) is 4.79 Å². The molecule has 0 saturated heterocycles. The molecule has 0 aliphatic rings. The molecule has 0 aromatic rings. The van der Waals surface area contributed by atoms with Crippen molar-refractivity contribution in [2.24, 2.45) is 11.8 Å². The van der Waals surface area contributed by atoms with Crippen molar-refractivity contribution < 1.29 is 4.79 Å². The van der Waals surface area contributed by atoms with Gasteiger partial charge >= 0.3 is 0 Å². The lowest BCUT2D eigenvalue weighted by molar-refractivity contribution is -0.121. The molecule has 1 N–H and O–H groups in total. The molecule has 0 radical (unpaired) electrons. The van der Waals surface area contributed by atoms with Crippen LogP contribution in [0.1, 0.15) is 285 Å². The lowest BCUT2D eigenvalue weighted by atomic mass is 9.93. The lowest BCUT2D eigenvalue weighted by Gasteiger charge is -2.18. The highest BCUT2D eigenvalue weighted by Gasteiger charge is 2.10. The number of unbranched alkanes of at least 4 members (excludes halogenated alkanes) is 32. The van der Waals surface area contributed by atoms with Gasteiger partial charge in [0.1, 0.15) is 0 Å². The van der Waals surface area contributed by atoms with Crippen molar-refractivity contribution in [3.05, 3.63) is 0 Å². The molecular weight excluding hydrogens is 607 g/mol. The van der Waals surface area contributed by atoms with Gasteiger partial charge in [-0.1, -0.05) is 259 Å². The summed E-state index contributed by atoms with van der Waals surface area (Å²) in [7, 11) is 0. The van der Waals surface area contributed by atoms with Gasteiger partial charge in [0.05, 0.1) is 0 Å². The Morgan fingerprint density at radius 2 is 0.660 bits per heavy atom. The smallest absolute Gasteiger partial charge is 0.219 e. The van der Waals surface area contributed by atoms with E-state index in [4.69, 9.17) is 0 Å². The summed E-state index contributed by atoms with van der Waals surface area (Å²) in [5.74, 6) is 1.88. The first kappa shape index (κ1) is 49.5. The summed E-state index contributed by atoms with van der Waals surface area (Å²) in [5, 5.41) is 3.27. The second kappa shape index (κ2) is 42.9. The maximum atomic E-state index is 12.1. The summed E-state index contributed by atoms with van der Waals surface area (Å²) in [6.07, 6.45) is 56.0. The molecule has 2 nitrogen and oxygen atoms in total. The molecular formula is C48H97NO. The Bertz CT molecular complexity index is 632. The molecule has 0 heterocycles. The summed E-state index contributed by atoms with van der Waals surface area (Å²) in [5.41, 5.74) is 0. The highest BCUT2D eigenvalue weighted by molar-refractivity contribution is 5.75. The summed E-state index contributed by atoms with van der Waals surface area (Å²) < 4.78 is 0. The minimum Gasteiger partial charge on any atom is -0.356 e. The quantitative estimate of drug-likeness (QED) is 0.0629. The molecule has 50 heavy (non-hydrogen) atoms. The number of carbonyl (C=O) groups is 1. The van der Waals surface area contributed by atoms with Gasteiger partial charge in [-0.15, -0.1) is 0 Å². The fourth-order valence-corrected chi connectivity index (χ4v) is 7.86. The molecule has 2 unspecified atom stereocenters. The number of nitrogens with one attached hydrogen (secondary N) is 1. The maximum Gasteiger partial charge on any atom is 0.219 e. The van der Waals surface area contributed by atoms with E-state index in [0.29, 0.717) is 12.3 Å². The third-order valence-corrected chi connectivity index (χ3v) is 11.8. The van der Waals surface area contributed by atoms with Crippen LogP contribution in [0.3, 0.4) is 0 Å². The first-order valence-electron chi connectivity index (χ1n) is 23.9. The van der Waals surface area contributed by atoms with E-state index < -0.39 is 0 Å². The van der Waals surface area contributed by atoms with Crippen molar-refractivity contribution in [3.63, 3.8) is 0 Å². The Morgan fingerprint density at radius 1 is 0.380 bits per heavy atom. The monoisotopic (exact) mass is 704 g/mol. The maximum absolute atomic E-state index is 12.1. The van der Waals surface area contributed by atoms with Crippen molar-refractivity contribution in [3.8, 4) is 0 Å². The van der Waals surface area contributed by atoms with Crippen LogP contribution in [0.25, 0.3) is 0 Å². The summed E-state index contributed by atoms with van der Waals surface area (Å²) in [6.45, 7) is 10.0. The van der Waals surface area contributed by atoms with E-state index in [-0.39, 0.29) is 5.91 Å². The molecule has 0 aliphatic heterocycles. The van der Waals surface area contributed by atoms with Gasteiger partial charge in [0.2, 0.25) is 5.91 Å². The van der Waals surface area contributed by atoms with Gasteiger partial charge in [-0.05, 0) is 31.1 Å². The van der Waals surface area contributed by atoms with Crippen LogP contribution in [0.4, 0.5) is 0 Å². The van der Waals surface area contributed by atoms with Gasteiger partial charge < -0.3 is 5.32 Å². The van der Waals surface area contributed by atoms with Crippen LogP contribution in [-0.2, 0) is 4.79 Å². The second-order valence-corrected chi connectivity index (χ2v) is 17.0. The molecule has 0 rings (SSSR count). The van der Waals surface area contributed by atoms with Crippen LogP contribution < -0.4 is 5.32 Å². The number of carbonyl (C=O) groups excluding carboxylic acids is 1. The molecule has 0 bridgehead atoms. The van der Waals surface area contributed by atoms with E-state index in [2.05, 4.69) is 33.0 Å². The van der Waals surface area contributed by atoms with Crippen LogP contribution in [-0.4, -0.2) is 12.5 Å². The molecule has 0 saturated carbocycles. The molecule has 0 aliphatic carbocycles. The Kier molecular flexibility index (Phi) is 42.4. The molecule has 0 aromatic heterocycles. The minimum atomic E-state index is 0.262. The third kappa shape index (κ3) is 40.2. The number of hydrogen-bond donors (Lipinski definition) is 1. The highest BCUT2D eigenvalue weighted by atomic mass is 16.1. The molecule has 1 amide bonds. The number of amides is 1. The predicted molar refractivity (Wildman–Crippen MR) is 227 cm³/mol. The Hall–Kier alpha value is -0.530. The van der Waals surface area contributed by atoms with E-state index >= 15 is 0 Å². The highest BCUT2D eigenvalue weighted by Crippen LogP contribution is 2.21. The molecule has 2 atom stereocenters. The zero-order valence-corrected chi connectivity index (χ0v) is 35.6. The minimum absolute atomic E-state index is 0.262. The second-order valence-electron chi connectivity index (χ2n) is 17.0. The van der Waals surface area contributed by atoms with Crippen molar-refractivity contribution in [1.29, 1.82) is 0 Å². The summed E-state index contributed by atoms with van der Waals surface area (Å²) in [6, 6.07) is 0. The third-order valence-electron chi connectivity index (χ3n) is 11.8. The van der Waals surface area contributed by atoms with Crippen LogP contribution in [0, 0.1) is 11.8 Å². The van der Waals surface area contributed by atoms with Crippen molar-refractivity contribution in [2.75, 3.05) is 6.54 Å². The van der Waals surface area contributed by atoms with Crippen LogP contribution in [0.5, 0.6) is 0 Å². The number of hydrogen-bond acceptors (Lipinski definition) is 1. The van der Waals surface area contributed by atoms with Gasteiger partial charge in [0, 0.05) is 13.0 Å². The van der Waals surface area contributed by atoms with Crippen LogP contribution in [0.2, 0.25) is 0 Å². The average molecular weight is 704 g/mol. The standard InChI is InChI=1S/C48H97NO/c1-5-8-9-10-11-12-13-14-15-16-17-21-24-27-30-33-36-39-43-47(45-49-48(50)41-6-2)44-40-37-34-31-28-25-22-19-18-20-23-26-29-32-35-38-42-46(4)7-3/h46-47H,5-45H2,1-4H3,(H,49,50). The fraction of sp³-hybridized carbons (Fsp3) is 0.979. The van der Waals surface area contributed by atoms with E-state index in [1.54, 1.807) is 0 Å². The SMILES string of the molecule is CCCCCCCCCCCCCCCCCCCCC(CCCCCCCCCCCCCCCCCCC(C)CC)CNC(=O)CCC. The molecule has 0 spiro atoms. The lowest BCUT2D eigenvalue weighted by Crippen LogP contribution is -2.29. The van der Waals surface area contributed by atoms with Gasteiger partial charge in [0.25, 0.3) is 0 Å². The van der Waals surface area contributed by atoms with E-state index in [9.17, 15) is 4.79 Å². The Balaban J connectivity index is 3.67. The molecule has 2 heteroatoms. The first-order chi connectivity index (χ1) is 24.6. The van der Waals surface area contributed by atoms with Crippen molar-refractivity contribution in [1.82, 2.24) is 5.32 Å². The number of rotatable bonds is 43. The van der Waals surface area contributed by atoms with Crippen molar-refractivity contribution >= 4 is 5.91 Å².